The van der Waals surface area contributed by atoms with E-state index in [9.17, 15) is 9.59 Å². The summed E-state index contributed by atoms with van der Waals surface area (Å²) < 4.78 is 3.97. The first-order chi connectivity index (χ1) is 10.1. The van der Waals surface area contributed by atoms with Crippen molar-refractivity contribution in [2.24, 2.45) is 0 Å². The van der Waals surface area contributed by atoms with Gasteiger partial charge in [-0.3, -0.25) is 9.59 Å². The Morgan fingerprint density at radius 1 is 1.33 bits per heavy atom. The van der Waals surface area contributed by atoms with Gasteiger partial charge in [0.25, 0.3) is 0 Å². The number of nitrogens with one attached hydrogen (secondary N) is 2. The Labute approximate surface area is 126 Å². The van der Waals surface area contributed by atoms with Crippen molar-refractivity contribution in [1.29, 1.82) is 0 Å². The third-order valence-electron chi connectivity index (χ3n) is 3.32. The van der Waals surface area contributed by atoms with Gasteiger partial charge in [0.05, 0.1) is 18.5 Å². The van der Waals surface area contributed by atoms with E-state index < -0.39 is 4.75 Å². The van der Waals surface area contributed by atoms with E-state index in [2.05, 4.69) is 10.6 Å². The largest absolute Gasteiger partial charge is 0.467 e. The maximum atomic E-state index is 12.4. The number of amides is 2. The fourth-order valence-electron chi connectivity index (χ4n) is 2.07. The van der Waals surface area contributed by atoms with Crippen LogP contribution in [0, 0.1) is 0 Å². The van der Waals surface area contributed by atoms with Crippen molar-refractivity contribution < 1.29 is 14.0 Å². The molecule has 0 fully saturated rings. The van der Waals surface area contributed by atoms with Crippen molar-refractivity contribution in [3.05, 3.63) is 48.4 Å². The summed E-state index contributed by atoms with van der Waals surface area (Å²) in [5, 5.41) is 5.52. The molecule has 0 unspecified atom stereocenters. The van der Waals surface area contributed by atoms with Crippen molar-refractivity contribution in [3.63, 3.8) is 0 Å². The maximum absolute atomic E-state index is 12.4. The van der Waals surface area contributed by atoms with Crippen LogP contribution in [0.3, 0.4) is 0 Å². The fraction of sp³-hybridized carbons (Fsp3) is 0.200. The topological polar surface area (TPSA) is 71.3 Å². The molecular weight excluding hydrogens is 288 g/mol. The molecule has 6 heteroatoms. The molecule has 0 saturated heterocycles. The van der Waals surface area contributed by atoms with E-state index in [1.54, 1.807) is 25.3 Å². The summed E-state index contributed by atoms with van der Waals surface area (Å²) in [5.41, 5.74) is 0.740. The first-order valence-corrected chi connectivity index (χ1v) is 7.31. The van der Waals surface area contributed by atoms with E-state index >= 15 is 0 Å². The molecule has 2 N–H and O–H groups in total. The molecule has 0 spiro atoms. The molecule has 1 aromatic heterocycles. The summed E-state index contributed by atoms with van der Waals surface area (Å²) >= 11 is 1.26. The van der Waals surface area contributed by atoms with Crippen LogP contribution in [-0.4, -0.2) is 16.6 Å². The lowest BCUT2D eigenvalue weighted by Gasteiger charge is -2.31. The molecule has 108 valence electrons. The molecule has 5 nitrogen and oxygen atoms in total. The third-order valence-corrected chi connectivity index (χ3v) is 4.67. The molecule has 1 aliphatic heterocycles. The second kappa shape index (κ2) is 5.29. The Hall–Kier alpha value is -2.21. The van der Waals surface area contributed by atoms with Crippen LogP contribution in [0.2, 0.25) is 0 Å². The van der Waals surface area contributed by atoms with Crippen LogP contribution in [0.25, 0.3) is 0 Å². The van der Waals surface area contributed by atoms with Crippen LogP contribution in [0.1, 0.15) is 12.7 Å². The Morgan fingerprint density at radius 2 is 2.14 bits per heavy atom. The molecule has 2 aromatic rings. The summed E-state index contributed by atoms with van der Waals surface area (Å²) in [6.07, 6.45) is 1.54. The summed E-state index contributed by atoms with van der Waals surface area (Å²) in [5.74, 6) is -0.00684. The van der Waals surface area contributed by atoms with Crippen molar-refractivity contribution in [1.82, 2.24) is 5.32 Å². The van der Waals surface area contributed by atoms with Gasteiger partial charge in [-0.1, -0.05) is 23.9 Å². The normalized spacial score (nSPS) is 20.5. The number of fused-ring (bicyclic) bond motifs is 1. The SMILES string of the molecule is C[C@]1(C(=O)NCc2ccco2)Sc2ccccc2NC1=O. The van der Waals surface area contributed by atoms with E-state index in [4.69, 9.17) is 4.42 Å². The van der Waals surface area contributed by atoms with Gasteiger partial charge in [0, 0.05) is 4.90 Å². The van der Waals surface area contributed by atoms with E-state index in [0.717, 1.165) is 10.6 Å². The molecule has 0 radical (unpaired) electrons. The van der Waals surface area contributed by atoms with Crippen LogP contribution in [-0.2, 0) is 16.1 Å². The van der Waals surface area contributed by atoms with E-state index in [1.807, 2.05) is 24.3 Å². The molecule has 2 amide bonds. The van der Waals surface area contributed by atoms with Crippen LogP contribution < -0.4 is 10.6 Å². The molecular formula is C15H14N2O3S. The number of para-hydroxylation sites is 1. The lowest BCUT2D eigenvalue weighted by atomic mass is 10.1. The first kappa shape index (κ1) is 13.8. The fourth-order valence-corrected chi connectivity index (χ4v) is 3.19. The summed E-state index contributed by atoms with van der Waals surface area (Å²) in [7, 11) is 0. The van der Waals surface area contributed by atoms with Gasteiger partial charge in [-0.25, -0.2) is 0 Å². The first-order valence-electron chi connectivity index (χ1n) is 6.50. The van der Waals surface area contributed by atoms with Crippen molar-refractivity contribution in [2.45, 2.75) is 23.1 Å². The van der Waals surface area contributed by atoms with E-state index in [0.29, 0.717) is 5.76 Å². The number of carbonyl (C=O) groups is 2. The van der Waals surface area contributed by atoms with Crippen molar-refractivity contribution >= 4 is 29.3 Å². The average molecular weight is 302 g/mol. The minimum absolute atomic E-state index is 0.261. The molecule has 3 rings (SSSR count). The minimum atomic E-state index is -1.19. The highest BCUT2D eigenvalue weighted by molar-refractivity contribution is 8.02. The predicted molar refractivity (Wildman–Crippen MR) is 79.9 cm³/mol. The number of rotatable bonds is 3. The Bertz CT molecular complexity index is 684. The molecule has 0 bridgehead atoms. The number of carbonyl (C=O) groups excluding carboxylic acids is 2. The van der Waals surface area contributed by atoms with Gasteiger partial charge in [-0.2, -0.15) is 0 Å². The second-order valence-corrected chi connectivity index (χ2v) is 6.31. The maximum Gasteiger partial charge on any atom is 0.250 e. The summed E-state index contributed by atoms with van der Waals surface area (Å²) in [4.78, 5) is 25.5. The number of benzene rings is 1. The van der Waals surface area contributed by atoms with Gasteiger partial charge < -0.3 is 15.1 Å². The van der Waals surface area contributed by atoms with E-state index in [-0.39, 0.29) is 18.4 Å². The highest BCUT2D eigenvalue weighted by Gasteiger charge is 2.45. The zero-order valence-corrected chi connectivity index (χ0v) is 12.2. The van der Waals surface area contributed by atoms with Gasteiger partial charge in [-0.15, -0.1) is 0 Å². The van der Waals surface area contributed by atoms with Crippen LogP contribution in [0.15, 0.2) is 52.0 Å². The highest BCUT2D eigenvalue weighted by atomic mass is 32.2. The van der Waals surface area contributed by atoms with Gasteiger partial charge in [0.1, 0.15) is 5.76 Å². The van der Waals surface area contributed by atoms with E-state index in [1.165, 1.54) is 11.8 Å². The zero-order valence-electron chi connectivity index (χ0n) is 11.4. The summed E-state index contributed by atoms with van der Waals surface area (Å²) in [6.45, 7) is 1.89. The van der Waals surface area contributed by atoms with Crippen LogP contribution >= 0.6 is 11.8 Å². The Balaban J connectivity index is 1.77. The molecule has 21 heavy (non-hydrogen) atoms. The van der Waals surface area contributed by atoms with Gasteiger partial charge in [0.15, 0.2) is 4.75 Å². The van der Waals surface area contributed by atoms with Gasteiger partial charge in [0.2, 0.25) is 11.8 Å². The Kier molecular flexibility index (Phi) is 3.47. The molecule has 2 heterocycles. The van der Waals surface area contributed by atoms with Gasteiger partial charge >= 0.3 is 0 Å². The smallest absolute Gasteiger partial charge is 0.250 e. The number of furan rings is 1. The monoisotopic (exact) mass is 302 g/mol. The quantitative estimate of drug-likeness (QED) is 0.854. The second-order valence-electron chi connectivity index (χ2n) is 4.85. The lowest BCUT2D eigenvalue weighted by Crippen LogP contribution is -2.51. The minimum Gasteiger partial charge on any atom is -0.467 e. The van der Waals surface area contributed by atoms with Crippen molar-refractivity contribution in [2.75, 3.05) is 5.32 Å². The lowest BCUT2D eigenvalue weighted by molar-refractivity contribution is -0.130. The molecule has 1 aliphatic rings. The number of thioether (sulfide) groups is 1. The van der Waals surface area contributed by atoms with Gasteiger partial charge in [-0.05, 0) is 31.2 Å². The Morgan fingerprint density at radius 3 is 2.90 bits per heavy atom. The number of hydrogen-bond acceptors (Lipinski definition) is 4. The third kappa shape index (κ3) is 2.54. The number of hydrogen-bond donors (Lipinski definition) is 2. The summed E-state index contributed by atoms with van der Waals surface area (Å²) in [6, 6.07) is 11.0. The average Bonchev–Trinajstić information content (AvgIpc) is 2.99. The number of anilines is 1. The molecule has 1 aromatic carbocycles. The highest BCUT2D eigenvalue weighted by Crippen LogP contribution is 2.42. The predicted octanol–water partition coefficient (Wildman–Crippen LogP) is 2.40. The standard InChI is InChI=1S/C15H14N2O3S/c1-15(13(18)16-9-10-5-4-8-20-10)14(19)17-11-6-2-3-7-12(11)21-15/h2-8H,9H2,1H3,(H,16,18)(H,17,19)/t15-/m1/s1. The molecule has 0 aliphatic carbocycles. The van der Waals surface area contributed by atoms with Crippen molar-refractivity contribution in [3.8, 4) is 0 Å². The van der Waals surface area contributed by atoms with Crippen LogP contribution in [0.4, 0.5) is 5.69 Å². The molecule has 1 atom stereocenters. The zero-order chi connectivity index (χ0) is 14.9. The molecule has 0 saturated carbocycles. The van der Waals surface area contributed by atoms with Crippen LogP contribution in [0.5, 0.6) is 0 Å².